The highest BCUT2D eigenvalue weighted by Gasteiger charge is 2.17. The summed E-state index contributed by atoms with van der Waals surface area (Å²) in [7, 11) is 1.45. The number of aromatic amines is 1. The number of ketones is 1. The number of aryl methyl sites for hydroxylation is 1. The minimum atomic E-state index is -0.446. The van der Waals surface area contributed by atoms with Gasteiger partial charge in [-0.25, -0.2) is 4.39 Å². The number of aromatic nitrogens is 1. The Morgan fingerprint density at radius 1 is 1.00 bits per heavy atom. The molecule has 0 bridgehead atoms. The molecule has 0 atom stereocenters. The molecule has 0 spiro atoms. The Bertz CT molecular complexity index is 1640. The second-order valence-electron chi connectivity index (χ2n) is 8.58. The van der Waals surface area contributed by atoms with Crippen LogP contribution in [0, 0.1) is 12.7 Å². The van der Waals surface area contributed by atoms with Crippen LogP contribution in [0.3, 0.4) is 0 Å². The molecule has 0 aliphatic carbocycles. The number of amidine groups is 1. The predicted molar refractivity (Wildman–Crippen MR) is 146 cm³/mol. The molecule has 1 heterocycles. The van der Waals surface area contributed by atoms with Gasteiger partial charge in [-0.15, -0.1) is 0 Å². The number of Topliss-reactive ketones (excluding diaryl/α,β-unsaturated/α-hetero) is 1. The van der Waals surface area contributed by atoms with Crippen molar-refractivity contribution >= 4 is 45.4 Å². The number of rotatable bonds is 6. The maximum atomic E-state index is 14.7. The van der Waals surface area contributed by atoms with Crippen LogP contribution in [-0.2, 0) is 0 Å². The summed E-state index contributed by atoms with van der Waals surface area (Å²) < 4.78 is 24.3. The average Bonchev–Trinajstić information content (AvgIpc) is 3.24. The molecule has 5 nitrogen and oxygen atoms in total. The highest BCUT2D eigenvalue weighted by Crippen LogP contribution is 2.36. The molecule has 0 aliphatic rings. The van der Waals surface area contributed by atoms with Crippen LogP contribution in [-0.4, -0.2) is 23.7 Å². The van der Waals surface area contributed by atoms with Crippen molar-refractivity contribution in [3.8, 4) is 16.9 Å². The lowest BCUT2D eigenvalue weighted by Gasteiger charge is -2.11. The van der Waals surface area contributed by atoms with E-state index in [1.54, 1.807) is 13.0 Å². The van der Waals surface area contributed by atoms with E-state index in [0.29, 0.717) is 22.5 Å². The van der Waals surface area contributed by atoms with Crippen molar-refractivity contribution in [1.82, 2.24) is 4.98 Å². The smallest absolute Gasteiger partial charge is 0.165 e. The Hall–Kier alpha value is -4.10. The number of fused-ring (bicyclic) bond motifs is 3. The lowest BCUT2D eigenvalue weighted by atomic mass is 9.96. The first-order valence-electron chi connectivity index (χ1n) is 11.4. The second kappa shape index (κ2) is 9.51. The summed E-state index contributed by atoms with van der Waals surface area (Å²) in [4.78, 5) is 17.0. The number of hydrogen-bond acceptors (Lipinski definition) is 4. The summed E-state index contributed by atoms with van der Waals surface area (Å²) in [6, 6.07) is 22.7. The topological polar surface area (TPSA) is 80.5 Å². The van der Waals surface area contributed by atoms with Crippen molar-refractivity contribution in [1.29, 1.82) is 0 Å². The minimum Gasteiger partial charge on any atom is -0.493 e. The summed E-state index contributed by atoms with van der Waals surface area (Å²) >= 11 is 1.31. The summed E-state index contributed by atoms with van der Waals surface area (Å²) in [5, 5.41) is 1.76. The van der Waals surface area contributed by atoms with Crippen molar-refractivity contribution in [3.05, 3.63) is 95.3 Å². The Morgan fingerprint density at radius 2 is 1.75 bits per heavy atom. The molecule has 3 N–H and O–H groups in total. The normalized spacial score (nSPS) is 11.8. The van der Waals surface area contributed by atoms with Crippen molar-refractivity contribution in [2.45, 2.75) is 18.7 Å². The third-order valence-electron chi connectivity index (χ3n) is 6.14. The van der Waals surface area contributed by atoms with Crippen LogP contribution >= 0.6 is 11.9 Å². The van der Waals surface area contributed by atoms with Crippen LogP contribution in [0.15, 0.2) is 82.1 Å². The SMILES string of the molecule is COc1c(C)cc(-c2cc(C(C)=O)c3[nH]c4ccc(C(N)=NSc5ccccc5)cc4c3c2)cc1F. The standard InChI is InChI=1S/C29H24FN3O2S/c1-16-11-19(15-25(30)28(16)35-3)20-13-22(17(2)34)27-24(14-20)23-12-18(9-10-26(23)32-27)29(31)33-36-21-7-5-4-6-8-21/h4-15,32H,1-3H3,(H2,31,33). The zero-order valence-electron chi connectivity index (χ0n) is 20.1. The molecule has 0 radical (unpaired) electrons. The number of nitrogens with zero attached hydrogens (tertiary/aromatic N) is 1. The summed E-state index contributed by atoms with van der Waals surface area (Å²) in [6.07, 6.45) is 0. The van der Waals surface area contributed by atoms with E-state index in [1.165, 1.54) is 32.0 Å². The van der Waals surface area contributed by atoms with E-state index in [2.05, 4.69) is 9.38 Å². The lowest BCUT2D eigenvalue weighted by molar-refractivity contribution is 0.101. The van der Waals surface area contributed by atoms with E-state index in [4.69, 9.17) is 10.5 Å². The third-order valence-corrected chi connectivity index (χ3v) is 6.91. The van der Waals surface area contributed by atoms with Crippen LogP contribution in [0.25, 0.3) is 32.9 Å². The van der Waals surface area contributed by atoms with E-state index in [0.717, 1.165) is 37.8 Å². The Kier molecular flexibility index (Phi) is 6.24. The first-order chi connectivity index (χ1) is 17.4. The maximum absolute atomic E-state index is 14.7. The number of benzene rings is 4. The number of hydrogen-bond donors (Lipinski definition) is 2. The van der Waals surface area contributed by atoms with Gasteiger partial charge in [-0.05, 0) is 85.1 Å². The number of methoxy groups -OCH3 is 1. The molecule has 0 saturated heterocycles. The third kappa shape index (κ3) is 4.33. The first kappa shape index (κ1) is 23.6. The quantitative estimate of drug-likeness (QED) is 0.114. The average molecular weight is 498 g/mol. The van der Waals surface area contributed by atoms with Crippen LogP contribution in [0.4, 0.5) is 4.39 Å². The Morgan fingerprint density at radius 3 is 2.44 bits per heavy atom. The Balaban J connectivity index is 1.65. The van der Waals surface area contributed by atoms with Crippen molar-refractivity contribution in [2.75, 3.05) is 7.11 Å². The van der Waals surface area contributed by atoms with Crippen LogP contribution in [0.5, 0.6) is 5.75 Å². The molecular weight excluding hydrogens is 473 g/mol. The molecule has 7 heteroatoms. The largest absolute Gasteiger partial charge is 0.493 e. The number of nitrogens with one attached hydrogen (secondary N) is 1. The number of H-pyrrole nitrogens is 1. The zero-order valence-corrected chi connectivity index (χ0v) is 20.9. The van der Waals surface area contributed by atoms with Gasteiger partial charge in [-0.2, -0.15) is 4.40 Å². The van der Waals surface area contributed by atoms with Crippen molar-refractivity contribution < 1.29 is 13.9 Å². The van der Waals surface area contributed by atoms with Crippen molar-refractivity contribution in [3.63, 3.8) is 0 Å². The number of carbonyl (C=O) groups excluding carboxylic acids is 1. The van der Waals surface area contributed by atoms with Gasteiger partial charge in [-0.3, -0.25) is 4.79 Å². The molecule has 36 heavy (non-hydrogen) atoms. The lowest BCUT2D eigenvalue weighted by Crippen LogP contribution is -2.12. The van der Waals surface area contributed by atoms with Gasteiger partial charge in [0, 0.05) is 44.3 Å². The van der Waals surface area contributed by atoms with Crippen molar-refractivity contribution in [2.24, 2.45) is 10.1 Å². The van der Waals surface area contributed by atoms with Gasteiger partial charge in [-0.1, -0.05) is 18.2 Å². The molecule has 0 unspecified atom stereocenters. The van der Waals surface area contributed by atoms with Gasteiger partial charge < -0.3 is 15.5 Å². The van der Waals surface area contributed by atoms with Crippen LogP contribution in [0.1, 0.15) is 28.4 Å². The van der Waals surface area contributed by atoms with E-state index in [-0.39, 0.29) is 11.5 Å². The minimum absolute atomic E-state index is 0.0836. The molecule has 5 rings (SSSR count). The molecule has 5 aromatic rings. The van der Waals surface area contributed by atoms with E-state index < -0.39 is 5.82 Å². The van der Waals surface area contributed by atoms with Gasteiger partial charge in [0.2, 0.25) is 0 Å². The van der Waals surface area contributed by atoms with Crippen LogP contribution in [0.2, 0.25) is 0 Å². The van der Waals surface area contributed by atoms with Gasteiger partial charge in [0.15, 0.2) is 17.3 Å². The van der Waals surface area contributed by atoms with Gasteiger partial charge in [0.1, 0.15) is 5.84 Å². The number of nitrogens with two attached hydrogens (primary N) is 1. The fraction of sp³-hybridized carbons (Fsp3) is 0.103. The van der Waals surface area contributed by atoms with E-state index in [9.17, 15) is 9.18 Å². The molecule has 0 aliphatic heterocycles. The summed E-state index contributed by atoms with van der Waals surface area (Å²) in [5.41, 5.74) is 11.3. The fourth-order valence-electron chi connectivity index (χ4n) is 4.40. The highest BCUT2D eigenvalue weighted by molar-refractivity contribution is 7.98. The maximum Gasteiger partial charge on any atom is 0.165 e. The number of carbonyl (C=O) groups is 1. The molecular formula is C29H24FN3O2S. The highest BCUT2D eigenvalue weighted by atomic mass is 32.2. The number of ether oxygens (including phenoxy) is 1. The zero-order chi connectivity index (χ0) is 25.4. The van der Waals surface area contributed by atoms with E-state index in [1.807, 2.05) is 60.7 Å². The molecule has 1 aromatic heterocycles. The molecule has 4 aromatic carbocycles. The Labute approximate surface area is 212 Å². The fourth-order valence-corrected chi connectivity index (χ4v) is 4.98. The second-order valence-corrected chi connectivity index (χ2v) is 9.41. The molecule has 0 fully saturated rings. The molecule has 0 saturated carbocycles. The summed E-state index contributed by atoms with van der Waals surface area (Å²) in [5.74, 6) is 0.0835. The summed E-state index contributed by atoms with van der Waals surface area (Å²) in [6.45, 7) is 3.32. The van der Waals surface area contributed by atoms with Gasteiger partial charge >= 0.3 is 0 Å². The molecule has 180 valence electrons. The predicted octanol–water partition coefficient (Wildman–Crippen LogP) is 7.06. The van der Waals surface area contributed by atoms with Gasteiger partial charge in [0.25, 0.3) is 0 Å². The monoisotopic (exact) mass is 497 g/mol. The van der Waals surface area contributed by atoms with Crippen LogP contribution < -0.4 is 10.5 Å². The van der Waals surface area contributed by atoms with Gasteiger partial charge in [0.05, 0.1) is 12.6 Å². The first-order valence-corrected chi connectivity index (χ1v) is 12.1. The van der Waals surface area contributed by atoms with E-state index >= 15 is 0 Å². The molecule has 0 amide bonds. The number of halogens is 1.